The molecule has 0 fully saturated rings. The minimum absolute atomic E-state index is 0.504. The van der Waals surface area contributed by atoms with Gasteiger partial charge in [-0.25, -0.2) is 19.9 Å². The highest BCUT2D eigenvalue weighted by molar-refractivity contribution is 6.24. The summed E-state index contributed by atoms with van der Waals surface area (Å²) in [6, 6.07) is 86.2. The molecule has 9 heteroatoms. The molecule has 0 amide bonds. The Morgan fingerprint density at radius 3 is 1.20 bits per heavy atom. The number of rotatable bonds is 8. The smallest absolute Gasteiger partial charge is 0.238 e. The van der Waals surface area contributed by atoms with Gasteiger partial charge in [-0.3, -0.25) is 4.57 Å². The number of hydrogen-bond donors (Lipinski definition) is 0. The second-order valence-electron chi connectivity index (χ2n) is 18.7. The zero-order chi connectivity index (χ0) is 49.4. The summed E-state index contributed by atoms with van der Waals surface area (Å²) in [5.74, 6) is 3.40. The van der Waals surface area contributed by atoms with Crippen molar-refractivity contribution in [2.75, 3.05) is 0 Å². The normalized spacial score (nSPS) is 11.7. The fourth-order valence-corrected chi connectivity index (χ4v) is 11.0. The lowest BCUT2D eigenvalue weighted by Crippen LogP contribution is -2.07. The molecule has 15 aromatic rings. The molecule has 0 spiro atoms. The van der Waals surface area contributed by atoms with Crippen LogP contribution in [0.5, 0.6) is 0 Å². The summed E-state index contributed by atoms with van der Waals surface area (Å²) in [5, 5.41) is 6.66. The molecular weight excluding hydrogens is 919 g/mol. The zero-order valence-electron chi connectivity index (χ0n) is 40.2. The van der Waals surface area contributed by atoms with E-state index in [1.54, 1.807) is 0 Å². The van der Waals surface area contributed by atoms with Crippen molar-refractivity contribution in [3.05, 3.63) is 249 Å². The Hall–Kier alpha value is -10.4. The van der Waals surface area contributed by atoms with Gasteiger partial charge in [-0.05, 0) is 48.5 Å². The minimum Gasteiger partial charge on any atom is -0.309 e. The number of nitrogens with zero attached hydrogens (tertiary/aromatic N) is 9. The highest BCUT2D eigenvalue weighted by atomic mass is 15.2. The molecule has 0 N–H and O–H groups in total. The SMILES string of the molecule is c1ccc(-c2nc(-c3ccccc3)nc(-c3ccccc3-n3c4ccccc4c4ccc5c6ccccc6n(-c6nc(-c7ccccc7)nc(-c7ccc8c9ccccc9n(-c9ccccc9)c8c7)n6)c5c43)n2)cc1. The lowest BCUT2D eigenvalue weighted by Gasteiger charge is -2.16. The first-order chi connectivity index (χ1) is 37.2. The van der Waals surface area contributed by atoms with E-state index in [9.17, 15) is 0 Å². The van der Waals surface area contributed by atoms with Gasteiger partial charge < -0.3 is 9.13 Å². The average Bonchev–Trinajstić information content (AvgIpc) is 4.14. The molecule has 9 nitrogen and oxygen atoms in total. The largest absolute Gasteiger partial charge is 0.309 e. The van der Waals surface area contributed by atoms with E-state index < -0.39 is 0 Å². The molecular formula is C66H41N9. The Kier molecular flexibility index (Phi) is 9.67. The van der Waals surface area contributed by atoms with Crippen molar-refractivity contribution in [2.24, 2.45) is 0 Å². The van der Waals surface area contributed by atoms with Crippen molar-refractivity contribution >= 4 is 65.4 Å². The molecule has 15 rings (SSSR count). The standard InChI is InChI=1S/C66H41N9/c1-5-21-42(22-6-1)61-67-62(43-23-7-2-8-24-43)70-65(69-61)53-32-16-20-36-57(53)74-55-34-18-14-30-48(55)51-39-40-52-49-31-15-19-35-56(49)75(60(52)59(51)74)66-71-63(44-25-9-3-10-26-44)68-64(72-66)45-37-38-50-47-29-13-17-33-54(47)73(58(50)41-45)46-27-11-4-12-28-46/h1-41H. The number of benzene rings is 10. The fraction of sp³-hybridized carbons (Fsp3) is 0. The van der Waals surface area contributed by atoms with E-state index in [2.05, 4.69) is 184 Å². The van der Waals surface area contributed by atoms with E-state index in [0.29, 0.717) is 35.1 Å². The molecule has 0 saturated carbocycles. The van der Waals surface area contributed by atoms with Crippen LogP contribution < -0.4 is 0 Å². The van der Waals surface area contributed by atoms with Crippen molar-refractivity contribution in [1.29, 1.82) is 0 Å². The summed E-state index contributed by atoms with van der Waals surface area (Å²) < 4.78 is 6.95. The van der Waals surface area contributed by atoms with Crippen molar-refractivity contribution in [1.82, 2.24) is 43.6 Å². The van der Waals surface area contributed by atoms with Gasteiger partial charge in [0.25, 0.3) is 0 Å². The van der Waals surface area contributed by atoms with E-state index in [4.69, 9.17) is 29.9 Å². The van der Waals surface area contributed by atoms with Crippen LogP contribution in [0.1, 0.15) is 0 Å². The monoisotopic (exact) mass is 959 g/mol. The summed E-state index contributed by atoms with van der Waals surface area (Å²) in [6.45, 7) is 0. The predicted octanol–water partition coefficient (Wildman–Crippen LogP) is 15.7. The molecule has 0 aliphatic rings. The molecule has 0 atom stereocenters. The van der Waals surface area contributed by atoms with Crippen LogP contribution in [0.25, 0.3) is 140 Å². The van der Waals surface area contributed by atoms with E-state index >= 15 is 0 Å². The summed E-state index contributed by atoms with van der Waals surface area (Å²) in [7, 11) is 0. The van der Waals surface area contributed by atoms with Gasteiger partial charge in [0.1, 0.15) is 0 Å². The van der Waals surface area contributed by atoms with E-state index in [1.165, 1.54) is 5.39 Å². The van der Waals surface area contributed by atoms with Gasteiger partial charge in [0.05, 0.1) is 38.8 Å². The third-order valence-electron chi connectivity index (χ3n) is 14.4. The van der Waals surface area contributed by atoms with Crippen molar-refractivity contribution in [3.63, 3.8) is 0 Å². The van der Waals surface area contributed by atoms with Gasteiger partial charge in [-0.1, -0.05) is 200 Å². The van der Waals surface area contributed by atoms with Gasteiger partial charge in [-0.2, -0.15) is 9.97 Å². The highest BCUT2D eigenvalue weighted by Gasteiger charge is 2.26. The molecule has 5 heterocycles. The molecule has 350 valence electrons. The molecule has 0 saturated heterocycles. The zero-order valence-corrected chi connectivity index (χ0v) is 40.2. The minimum atomic E-state index is 0.504. The molecule has 0 aliphatic heterocycles. The lowest BCUT2D eigenvalue weighted by molar-refractivity contribution is 0.953. The molecule has 75 heavy (non-hydrogen) atoms. The summed E-state index contributed by atoms with van der Waals surface area (Å²) in [6.07, 6.45) is 0. The van der Waals surface area contributed by atoms with Gasteiger partial charge in [0, 0.05) is 65.8 Å². The van der Waals surface area contributed by atoms with Gasteiger partial charge in [-0.15, -0.1) is 0 Å². The summed E-state index contributed by atoms with van der Waals surface area (Å²) in [5.41, 5.74) is 12.6. The van der Waals surface area contributed by atoms with Crippen LogP contribution in [0, 0.1) is 0 Å². The third kappa shape index (κ3) is 6.86. The quantitative estimate of drug-likeness (QED) is 0.151. The molecule has 0 aliphatic carbocycles. The lowest BCUT2D eigenvalue weighted by atomic mass is 10.1. The van der Waals surface area contributed by atoms with E-state index in [-0.39, 0.29) is 0 Å². The van der Waals surface area contributed by atoms with Crippen molar-refractivity contribution in [2.45, 2.75) is 0 Å². The Bertz CT molecular complexity index is 4640. The van der Waals surface area contributed by atoms with Crippen molar-refractivity contribution < 1.29 is 0 Å². The van der Waals surface area contributed by atoms with E-state index in [0.717, 1.165) is 99.2 Å². The summed E-state index contributed by atoms with van der Waals surface area (Å²) >= 11 is 0. The Morgan fingerprint density at radius 2 is 0.627 bits per heavy atom. The number of fused-ring (bicyclic) bond motifs is 10. The fourth-order valence-electron chi connectivity index (χ4n) is 11.0. The Morgan fingerprint density at radius 1 is 0.240 bits per heavy atom. The van der Waals surface area contributed by atoms with E-state index in [1.807, 2.05) is 78.9 Å². The second-order valence-corrected chi connectivity index (χ2v) is 18.7. The van der Waals surface area contributed by atoms with Crippen molar-refractivity contribution in [3.8, 4) is 74.3 Å². The average molecular weight is 960 g/mol. The van der Waals surface area contributed by atoms with Crippen LogP contribution in [0.3, 0.4) is 0 Å². The van der Waals surface area contributed by atoms with Crippen LogP contribution in [-0.2, 0) is 0 Å². The Labute approximate surface area is 430 Å². The molecule has 0 radical (unpaired) electrons. The predicted molar refractivity (Wildman–Crippen MR) is 303 cm³/mol. The van der Waals surface area contributed by atoms with Gasteiger partial charge >= 0.3 is 0 Å². The number of hydrogen-bond acceptors (Lipinski definition) is 6. The first-order valence-electron chi connectivity index (χ1n) is 25.0. The first-order valence-corrected chi connectivity index (χ1v) is 25.0. The van der Waals surface area contributed by atoms with Crippen LogP contribution in [-0.4, -0.2) is 43.6 Å². The maximum Gasteiger partial charge on any atom is 0.238 e. The molecule has 0 bridgehead atoms. The number of aromatic nitrogens is 9. The van der Waals surface area contributed by atoms with Crippen LogP contribution in [0.15, 0.2) is 249 Å². The maximum atomic E-state index is 5.54. The van der Waals surface area contributed by atoms with Crippen LogP contribution in [0.2, 0.25) is 0 Å². The topological polar surface area (TPSA) is 92.1 Å². The van der Waals surface area contributed by atoms with Gasteiger partial charge in [0.15, 0.2) is 29.1 Å². The summed E-state index contributed by atoms with van der Waals surface area (Å²) in [4.78, 5) is 31.8. The Balaban J connectivity index is 1.02. The molecule has 0 unspecified atom stereocenters. The van der Waals surface area contributed by atoms with Crippen LogP contribution >= 0.6 is 0 Å². The van der Waals surface area contributed by atoms with Gasteiger partial charge in [0.2, 0.25) is 5.95 Å². The third-order valence-corrected chi connectivity index (χ3v) is 14.4. The molecule has 10 aromatic carbocycles. The highest BCUT2D eigenvalue weighted by Crippen LogP contribution is 2.43. The molecule has 5 aromatic heterocycles. The number of para-hydroxylation sites is 5. The maximum absolute atomic E-state index is 5.54. The second kappa shape index (κ2) is 17.1. The first kappa shape index (κ1) is 42.3. The van der Waals surface area contributed by atoms with Crippen LogP contribution in [0.4, 0.5) is 0 Å².